The van der Waals surface area contributed by atoms with Crippen molar-refractivity contribution in [3.8, 4) is 0 Å². The summed E-state index contributed by atoms with van der Waals surface area (Å²) >= 11 is 0. The largest absolute Gasteiger partial charge is 0.336 e. The topological polar surface area (TPSA) is 70.5 Å². The molecule has 3 rings (SSSR count). The van der Waals surface area contributed by atoms with E-state index in [1.807, 2.05) is 43.1 Å². The zero-order valence-electron chi connectivity index (χ0n) is 14.7. The zero-order valence-corrected chi connectivity index (χ0v) is 14.7. The number of urea groups is 1. The van der Waals surface area contributed by atoms with E-state index in [4.69, 9.17) is 0 Å². The maximum Gasteiger partial charge on any atom is 0.317 e. The van der Waals surface area contributed by atoms with Crippen molar-refractivity contribution in [3.63, 3.8) is 0 Å². The monoisotopic (exact) mass is 333 g/mol. The highest BCUT2D eigenvalue weighted by molar-refractivity contribution is 5.82. The molecule has 1 N–H and O–H groups in total. The molecule has 2 aliphatic rings. The van der Waals surface area contributed by atoms with Crippen molar-refractivity contribution in [3.05, 3.63) is 18.7 Å². The van der Waals surface area contributed by atoms with Gasteiger partial charge in [-0.3, -0.25) is 4.79 Å². The van der Waals surface area contributed by atoms with E-state index in [9.17, 15) is 9.59 Å². The average Bonchev–Trinajstić information content (AvgIpc) is 3.16. The zero-order chi connectivity index (χ0) is 17.3. The number of hydrogen-bond acceptors (Lipinski definition) is 3. The third kappa shape index (κ3) is 3.55. The van der Waals surface area contributed by atoms with Crippen LogP contribution in [0.25, 0.3) is 0 Å². The number of likely N-dealkylation sites (tertiary alicyclic amines) is 2. The average molecular weight is 333 g/mol. The van der Waals surface area contributed by atoms with Crippen molar-refractivity contribution in [1.29, 1.82) is 0 Å². The normalized spacial score (nSPS) is 23.0. The minimum absolute atomic E-state index is 0.0485. The van der Waals surface area contributed by atoms with Crippen LogP contribution in [0.15, 0.2) is 18.7 Å². The Kier molecular flexibility index (Phi) is 4.51. The Hall–Kier alpha value is -2.05. The molecule has 7 nitrogen and oxygen atoms in total. The fraction of sp³-hybridized carbons (Fsp3) is 0.706. The first-order valence-corrected chi connectivity index (χ1v) is 8.68. The van der Waals surface area contributed by atoms with E-state index in [2.05, 4.69) is 14.9 Å². The number of aromatic nitrogens is 2. The van der Waals surface area contributed by atoms with Crippen LogP contribution >= 0.6 is 0 Å². The second-order valence-electron chi connectivity index (χ2n) is 7.75. The van der Waals surface area contributed by atoms with Gasteiger partial charge in [0.05, 0.1) is 12.4 Å². The first-order chi connectivity index (χ1) is 11.3. The Balaban J connectivity index is 1.49. The van der Waals surface area contributed by atoms with Crippen molar-refractivity contribution in [2.45, 2.75) is 57.7 Å². The van der Waals surface area contributed by atoms with Crippen molar-refractivity contribution in [2.24, 2.45) is 0 Å². The smallest absolute Gasteiger partial charge is 0.317 e. The molecule has 2 fully saturated rings. The number of nitrogens with zero attached hydrogens (tertiary/aromatic N) is 4. The minimum atomic E-state index is -0.195. The van der Waals surface area contributed by atoms with Crippen LogP contribution in [-0.4, -0.2) is 62.5 Å². The van der Waals surface area contributed by atoms with Gasteiger partial charge in [0.25, 0.3) is 0 Å². The second kappa shape index (κ2) is 6.45. The number of carbonyl (C=O) groups is 2. The molecule has 0 aliphatic carbocycles. The fourth-order valence-electron chi connectivity index (χ4n) is 3.57. The van der Waals surface area contributed by atoms with E-state index in [0.717, 1.165) is 25.9 Å². The molecular weight excluding hydrogens is 306 g/mol. The van der Waals surface area contributed by atoms with E-state index in [1.54, 1.807) is 6.20 Å². The van der Waals surface area contributed by atoms with Gasteiger partial charge in [0.1, 0.15) is 0 Å². The standard InChI is InChI=1S/C17H27N5O2/c1-17(2,3)22-11-13(10-15(22)23)19-16(24)20-7-4-14(5-8-20)21-9-6-18-12-21/h6,9,12-14H,4-5,7-8,10-11H2,1-3H3,(H,19,24). The lowest BCUT2D eigenvalue weighted by molar-refractivity contribution is -0.131. The van der Waals surface area contributed by atoms with E-state index in [-0.39, 0.29) is 23.5 Å². The van der Waals surface area contributed by atoms with Crippen molar-refractivity contribution in [1.82, 2.24) is 24.7 Å². The molecule has 0 bridgehead atoms. The number of imidazole rings is 1. The molecule has 1 aromatic heterocycles. The van der Waals surface area contributed by atoms with E-state index in [1.165, 1.54) is 0 Å². The molecule has 0 spiro atoms. The number of rotatable bonds is 2. The second-order valence-corrected chi connectivity index (χ2v) is 7.75. The van der Waals surface area contributed by atoms with Crippen LogP contribution in [0, 0.1) is 0 Å². The molecule has 0 aromatic carbocycles. The highest BCUT2D eigenvalue weighted by Gasteiger charge is 2.37. The van der Waals surface area contributed by atoms with Gasteiger partial charge in [-0.25, -0.2) is 9.78 Å². The molecule has 2 saturated heterocycles. The number of piperidine rings is 1. The third-order valence-corrected chi connectivity index (χ3v) is 4.96. The van der Waals surface area contributed by atoms with Crippen LogP contribution in [0.4, 0.5) is 4.79 Å². The van der Waals surface area contributed by atoms with Crippen LogP contribution in [-0.2, 0) is 4.79 Å². The summed E-state index contributed by atoms with van der Waals surface area (Å²) < 4.78 is 2.12. The van der Waals surface area contributed by atoms with Gasteiger partial charge >= 0.3 is 6.03 Å². The van der Waals surface area contributed by atoms with E-state index in [0.29, 0.717) is 19.0 Å². The first kappa shape index (κ1) is 16.8. The lowest BCUT2D eigenvalue weighted by Crippen LogP contribution is -2.49. The van der Waals surface area contributed by atoms with Crippen LogP contribution in [0.1, 0.15) is 46.1 Å². The summed E-state index contributed by atoms with van der Waals surface area (Å²) in [6.07, 6.45) is 7.87. The molecule has 1 aromatic rings. The molecule has 7 heteroatoms. The van der Waals surface area contributed by atoms with Crippen molar-refractivity contribution >= 4 is 11.9 Å². The first-order valence-electron chi connectivity index (χ1n) is 8.68. The molecular formula is C17H27N5O2. The van der Waals surface area contributed by atoms with Gasteiger partial charge in [-0.05, 0) is 33.6 Å². The Labute approximate surface area is 143 Å². The van der Waals surface area contributed by atoms with Crippen molar-refractivity contribution in [2.75, 3.05) is 19.6 Å². The van der Waals surface area contributed by atoms with Gasteiger partial charge in [0.15, 0.2) is 0 Å². The quantitative estimate of drug-likeness (QED) is 0.894. The van der Waals surface area contributed by atoms with Gasteiger partial charge in [-0.1, -0.05) is 0 Å². The SMILES string of the molecule is CC(C)(C)N1CC(NC(=O)N2CCC(n3ccnc3)CC2)CC1=O. The third-order valence-electron chi connectivity index (χ3n) is 4.96. The summed E-state index contributed by atoms with van der Waals surface area (Å²) in [5, 5.41) is 3.04. The molecule has 24 heavy (non-hydrogen) atoms. The van der Waals surface area contributed by atoms with Crippen LogP contribution in [0.3, 0.4) is 0 Å². The summed E-state index contributed by atoms with van der Waals surface area (Å²) in [6.45, 7) is 8.14. The van der Waals surface area contributed by atoms with Gasteiger partial charge in [0.2, 0.25) is 5.91 Å². The Morgan fingerprint density at radius 2 is 2.00 bits per heavy atom. The summed E-state index contributed by atoms with van der Waals surface area (Å²) in [7, 11) is 0. The van der Waals surface area contributed by atoms with Crippen LogP contribution in [0.2, 0.25) is 0 Å². The van der Waals surface area contributed by atoms with Gasteiger partial charge < -0.3 is 19.7 Å². The van der Waals surface area contributed by atoms with Crippen LogP contribution in [0.5, 0.6) is 0 Å². The van der Waals surface area contributed by atoms with Gasteiger partial charge in [0, 0.05) is 50.0 Å². The summed E-state index contributed by atoms with van der Waals surface area (Å²) in [4.78, 5) is 32.4. The highest BCUT2D eigenvalue weighted by Crippen LogP contribution is 2.24. The molecule has 3 amide bonds. The van der Waals surface area contributed by atoms with E-state index < -0.39 is 0 Å². The van der Waals surface area contributed by atoms with Crippen LogP contribution < -0.4 is 5.32 Å². The number of nitrogens with one attached hydrogen (secondary N) is 1. The summed E-state index contributed by atoms with van der Waals surface area (Å²) in [6, 6.07) is 0.282. The molecule has 2 aliphatic heterocycles. The molecule has 3 heterocycles. The number of hydrogen-bond donors (Lipinski definition) is 1. The van der Waals surface area contributed by atoms with E-state index >= 15 is 0 Å². The lowest BCUT2D eigenvalue weighted by Gasteiger charge is -2.34. The Morgan fingerprint density at radius 3 is 2.54 bits per heavy atom. The maximum absolute atomic E-state index is 12.5. The molecule has 1 unspecified atom stereocenters. The lowest BCUT2D eigenvalue weighted by atomic mass is 10.1. The predicted octanol–water partition coefficient (Wildman–Crippen LogP) is 1.63. The summed E-state index contributed by atoms with van der Waals surface area (Å²) in [5.41, 5.74) is -0.195. The minimum Gasteiger partial charge on any atom is -0.336 e. The van der Waals surface area contributed by atoms with Crippen molar-refractivity contribution < 1.29 is 9.59 Å². The van der Waals surface area contributed by atoms with Gasteiger partial charge in [-0.15, -0.1) is 0 Å². The molecule has 1 atom stereocenters. The number of carbonyl (C=O) groups excluding carboxylic acids is 2. The number of amides is 3. The Bertz CT molecular complexity index is 585. The Morgan fingerprint density at radius 1 is 1.29 bits per heavy atom. The highest BCUT2D eigenvalue weighted by atomic mass is 16.2. The fourth-order valence-corrected chi connectivity index (χ4v) is 3.57. The predicted molar refractivity (Wildman–Crippen MR) is 90.5 cm³/mol. The van der Waals surface area contributed by atoms with Gasteiger partial charge in [-0.2, -0.15) is 0 Å². The molecule has 132 valence electrons. The maximum atomic E-state index is 12.5. The summed E-state index contributed by atoms with van der Waals surface area (Å²) in [5.74, 6) is 0.117. The molecule has 0 radical (unpaired) electrons. The molecule has 0 saturated carbocycles.